The van der Waals surface area contributed by atoms with Gasteiger partial charge in [0.1, 0.15) is 0 Å². The van der Waals surface area contributed by atoms with Crippen LogP contribution in [-0.2, 0) is 11.0 Å². The van der Waals surface area contributed by atoms with Gasteiger partial charge in [0, 0.05) is 5.69 Å². The molecule has 0 bridgehead atoms. The molecule has 0 spiro atoms. The smallest absolute Gasteiger partial charge is 0.329 e. The molecule has 1 N–H and O–H groups in total. The lowest BCUT2D eigenvalue weighted by Gasteiger charge is -2.09. The molecule has 2 aromatic rings. The molecule has 1 amide bonds. The fourth-order valence-electron chi connectivity index (χ4n) is 1.70. The third-order valence-electron chi connectivity index (χ3n) is 2.63. The molecule has 19 heavy (non-hydrogen) atoms. The molecule has 0 unspecified atom stereocenters. The molecule has 0 atom stereocenters. The standard InChI is InChI=1S/C14H10F3NO/c15-14(16,17)12-3-1-2-11(8-12)10-4-6-13(7-5-10)18-9-19/h1-9H,(H,18,19). The Hall–Kier alpha value is -2.30. The maximum atomic E-state index is 12.6. The lowest BCUT2D eigenvalue weighted by Crippen LogP contribution is -2.04. The summed E-state index contributed by atoms with van der Waals surface area (Å²) in [5.41, 5.74) is 1.04. The quantitative estimate of drug-likeness (QED) is 0.837. The van der Waals surface area contributed by atoms with Gasteiger partial charge in [-0.15, -0.1) is 0 Å². The Morgan fingerprint density at radius 1 is 0.947 bits per heavy atom. The van der Waals surface area contributed by atoms with Crippen molar-refractivity contribution < 1.29 is 18.0 Å². The van der Waals surface area contributed by atoms with Crippen LogP contribution in [0.25, 0.3) is 11.1 Å². The number of nitrogens with one attached hydrogen (secondary N) is 1. The second kappa shape index (κ2) is 5.14. The van der Waals surface area contributed by atoms with Crippen molar-refractivity contribution in [2.24, 2.45) is 0 Å². The second-order valence-corrected chi connectivity index (χ2v) is 3.92. The summed E-state index contributed by atoms with van der Waals surface area (Å²) in [6.07, 6.45) is -3.81. The summed E-state index contributed by atoms with van der Waals surface area (Å²) in [6.45, 7) is 0. The van der Waals surface area contributed by atoms with Crippen molar-refractivity contribution >= 4 is 12.1 Å². The van der Waals surface area contributed by atoms with Gasteiger partial charge in [-0.1, -0.05) is 24.3 Å². The first kappa shape index (κ1) is 13.1. The minimum absolute atomic E-state index is 0.479. The predicted octanol–water partition coefficient (Wildman–Crippen LogP) is 3.94. The maximum absolute atomic E-state index is 12.6. The van der Waals surface area contributed by atoms with E-state index in [4.69, 9.17) is 0 Å². The van der Waals surface area contributed by atoms with Crippen LogP contribution in [0.5, 0.6) is 0 Å². The van der Waals surface area contributed by atoms with Crippen molar-refractivity contribution in [1.29, 1.82) is 0 Å². The fourth-order valence-corrected chi connectivity index (χ4v) is 1.70. The van der Waals surface area contributed by atoms with E-state index in [1.165, 1.54) is 6.07 Å². The third kappa shape index (κ3) is 3.13. The molecular weight excluding hydrogens is 255 g/mol. The van der Waals surface area contributed by atoms with Gasteiger partial charge in [-0.2, -0.15) is 13.2 Å². The number of carbonyl (C=O) groups excluding carboxylic acids is 1. The normalized spacial score (nSPS) is 11.1. The molecular formula is C14H10F3NO. The molecule has 0 aliphatic heterocycles. The molecule has 0 aliphatic rings. The van der Waals surface area contributed by atoms with E-state index in [1.807, 2.05) is 0 Å². The number of hydrogen-bond donors (Lipinski definition) is 1. The highest BCUT2D eigenvalue weighted by Crippen LogP contribution is 2.32. The average molecular weight is 265 g/mol. The monoisotopic (exact) mass is 265 g/mol. The molecule has 0 aliphatic carbocycles. The SMILES string of the molecule is O=CNc1ccc(-c2cccc(C(F)(F)F)c2)cc1. The summed E-state index contributed by atoms with van der Waals surface area (Å²) in [7, 11) is 0. The first-order valence-electron chi connectivity index (χ1n) is 5.48. The zero-order chi connectivity index (χ0) is 13.9. The van der Waals surface area contributed by atoms with Crippen LogP contribution in [0.4, 0.5) is 18.9 Å². The number of alkyl halides is 3. The third-order valence-corrected chi connectivity index (χ3v) is 2.63. The number of amides is 1. The molecule has 0 radical (unpaired) electrons. The van der Waals surface area contributed by atoms with Crippen molar-refractivity contribution in [2.45, 2.75) is 6.18 Å². The minimum atomic E-state index is -4.35. The zero-order valence-corrected chi connectivity index (χ0v) is 9.74. The summed E-state index contributed by atoms with van der Waals surface area (Å²) in [5.74, 6) is 0. The molecule has 2 aromatic carbocycles. The maximum Gasteiger partial charge on any atom is 0.416 e. The van der Waals surface area contributed by atoms with Gasteiger partial charge >= 0.3 is 6.18 Å². The van der Waals surface area contributed by atoms with Gasteiger partial charge in [-0.25, -0.2) is 0 Å². The van der Waals surface area contributed by atoms with Crippen molar-refractivity contribution in [3.05, 3.63) is 54.1 Å². The number of hydrogen-bond acceptors (Lipinski definition) is 1. The molecule has 2 nitrogen and oxygen atoms in total. The molecule has 98 valence electrons. The van der Waals surface area contributed by atoms with Crippen LogP contribution in [0.15, 0.2) is 48.5 Å². The van der Waals surface area contributed by atoms with Crippen LogP contribution >= 0.6 is 0 Å². The van der Waals surface area contributed by atoms with Gasteiger partial charge in [0.15, 0.2) is 0 Å². The van der Waals surface area contributed by atoms with Crippen molar-refractivity contribution in [1.82, 2.24) is 0 Å². The number of halogens is 3. The lowest BCUT2D eigenvalue weighted by molar-refractivity contribution is -0.137. The highest BCUT2D eigenvalue weighted by atomic mass is 19.4. The number of anilines is 1. The van der Waals surface area contributed by atoms with E-state index in [-0.39, 0.29) is 0 Å². The Kier molecular flexibility index (Phi) is 3.55. The van der Waals surface area contributed by atoms with Gasteiger partial charge in [-0.3, -0.25) is 4.79 Å². The van der Waals surface area contributed by atoms with Gasteiger partial charge in [0.05, 0.1) is 5.56 Å². The van der Waals surface area contributed by atoms with Crippen LogP contribution in [0.3, 0.4) is 0 Å². The molecule has 0 aromatic heterocycles. The summed E-state index contributed by atoms with van der Waals surface area (Å²) in [6, 6.07) is 11.7. The van der Waals surface area contributed by atoms with E-state index < -0.39 is 11.7 Å². The highest BCUT2D eigenvalue weighted by molar-refractivity contribution is 5.74. The Bertz CT molecular complexity index is 576. The first-order valence-corrected chi connectivity index (χ1v) is 5.48. The van der Waals surface area contributed by atoms with Gasteiger partial charge in [0.2, 0.25) is 6.41 Å². The predicted molar refractivity (Wildman–Crippen MR) is 66.6 cm³/mol. The molecule has 0 saturated carbocycles. The summed E-state index contributed by atoms with van der Waals surface area (Å²) >= 11 is 0. The van der Waals surface area contributed by atoms with E-state index in [0.717, 1.165) is 12.1 Å². The number of benzene rings is 2. The molecule has 0 heterocycles. The Morgan fingerprint density at radius 3 is 2.21 bits per heavy atom. The van der Waals surface area contributed by atoms with Gasteiger partial charge in [0.25, 0.3) is 0 Å². The van der Waals surface area contributed by atoms with Crippen LogP contribution < -0.4 is 5.32 Å². The summed E-state index contributed by atoms with van der Waals surface area (Å²) < 4.78 is 37.8. The molecule has 0 fully saturated rings. The van der Waals surface area contributed by atoms with Gasteiger partial charge in [-0.05, 0) is 35.4 Å². The number of rotatable bonds is 3. The van der Waals surface area contributed by atoms with E-state index in [0.29, 0.717) is 23.2 Å². The Labute approximate surface area is 107 Å². The average Bonchev–Trinajstić information content (AvgIpc) is 2.39. The Balaban J connectivity index is 2.34. The van der Waals surface area contributed by atoms with Crippen molar-refractivity contribution in [3.63, 3.8) is 0 Å². The number of carbonyl (C=O) groups is 1. The van der Waals surface area contributed by atoms with Crippen LogP contribution in [0, 0.1) is 0 Å². The lowest BCUT2D eigenvalue weighted by atomic mass is 10.0. The van der Waals surface area contributed by atoms with E-state index in [1.54, 1.807) is 30.3 Å². The van der Waals surface area contributed by atoms with Crippen molar-refractivity contribution in [2.75, 3.05) is 5.32 Å². The van der Waals surface area contributed by atoms with E-state index >= 15 is 0 Å². The van der Waals surface area contributed by atoms with Crippen LogP contribution in [0.1, 0.15) is 5.56 Å². The summed E-state index contributed by atoms with van der Waals surface area (Å²) in [4.78, 5) is 10.2. The first-order chi connectivity index (χ1) is 9.00. The largest absolute Gasteiger partial charge is 0.416 e. The van der Waals surface area contributed by atoms with E-state index in [2.05, 4.69) is 5.32 Å². The Morgan fingerprint density at radius 2 is 1.63 bits per heavy atom. The molecule has 5 heteroatoms. The van der Waals surface area contributed by atoms with Crippen LogP contribution in [-0.4, -0.2) is 6.41 Å². The fraction of sp³-hybridized carbons (Fsp3) is 0.0714. The van der Waals surface area contributed by atoms with Crippen molar-refractivity contribution in [3.8, 4) is 11.1 Å². The topological polar surface area (TPSA) is 29.1 Å². The van der Waals surface area contributed by atoms with Gasteiger partial charge < -0.3 is 5.32 Å². The minimum Gasteiger partial charge on any atom is -0.329 e. The molecule has 2 rings (SSSR count). The van der Waals surface area contributed by atoms with E-state index in [9.17, 15) is 18.0 Å². The summed E-state index contributed by atoms with van der Waals surface area (Å²) in [5, 5.41) is 2.46. The molecule has 0 saturated heterocycles. The van der Waals surface area contributed by atoms with Crippen LogP contribution in [0.2, 0.25) is 0 Å². The highest BCUT2D eigenvalue weighted by Gasteiger charge is 2.30. The second-order valence-electron chi connectivity index (χ2n) is 3.92. The zero-order valence-electron chi connectivity index (χ0n) is 9.74.